The Bertz CT molecular complexity index is 748. The normalized spacial score (nSPS) is 10.1. The predicted molar refractivity (Wildman–Crippen MR) is 79.3 cm³/mol. The van der Waals surface area contributed by atoms with Crippen molar-refractivity contribution >= 4 is 29.2 Å². The fraction of sp³-hybridized carbons (Fsp3) is 0.0667. The molecular weight excluding hydrogens is 313 g/mol. The van der Waals surface area contributed by atoms with E-state index in [1.54, 1.807) is 0 Å². The molecule has 2 aromatic rings. The Balaban J connectivity index is 2.42. The quantitative estimate of drug-likeness (QED) is 0.903. The molecule has 0 aliphatic rings. The zero-order chi connectivity index (χ0) is 16.3. The summed E-state index contributed by atoms with van der Waals surface area (Å²) < 4.78 is 18.6. The van der Waals surface area contributed by atoms with E-state index in [1.165, 1.54) is 37.4 Å². The van der Waals surface area contributed by atoms with Crippen LogP contribution < -0.4 is 10.1 Å². The molecule has 0 fully saturated rings. The number of carboxylic acids is 1. The van der Waals surface area contributed by atoms with Crippen LogP contribution in [0.15, 0.2) is 36.4 Å². The lowest BCUT2D eigenvalue weighted by atomic mass is 10.1. The van der Waals surface area contributed by atoms with Crippen molar-refractivity contribution < 1.29 is 23.8 Å². The average Bonchev–Trinajstić information content (AvgIpc) is 2.47. The molecule has 0 unspecified atom stereocenters. The molecule has 0 radical (unpaired) electrons. The van der Waals surface area contributed by atoms with Gasteiger partial charge < -0.3 is 15.2 Å². The second-order valence-electron chi connectivity index (χ2n) is 4.28. The summed E-state index contributed by atoms with van der Waals surface area (Å²) in [4.78, 5) is 23.1. The number of carbonyl (C=O) groups excluding carboxylic acids is 1. The van der Waals surface area contributed by atoms with Crippen LogP contribution in [0, 0.1) is 5.82 Å². The van der Waals surface area contributed by atoms with Gasteiger partial charge in [-0.2, -0.15) is 0 Å². The zero-order valence-electron chi connectivity index (χ0n) is 11.4. The number of halogens is 2. The molecule has 0 aliphatic heterocycles. The van der Waals surface area contributed by atoms with E-state index in [9.17, 15) is 14.0 Å². The van der Waals surface area contributed by atoms with Crippen LogP contribution in [0.3, 0.4) is 0 Å². The molecule has 0 saturated carbocycles. The topological polar surface area (TPSA) is 75.6 Å². The van der Waals surface area contributed by atoms with Crippen molar-refractivity contribution in [3.63, 3.8) is 0 Å². The summed E-state index contributed by atoms with van der Waals surface area (Å²) in [6.45, 7) is 0. The maximum absolute atomic E-state index is 13.6. The molecule has 2 N–H and O–H groups in total. The number of benzene rings is 2. The summed E-state index contributed by atoms with van der Waals surface area (Å²) in [6, 6.07) is 7.80. The largest absolute Gasteiger partial charge is 0.493 e. The highest BCUT2D eigenvalue weighted by Crippen LogP contribution is 2.34. The molecule has 0 bridgehead atoms. The molecule has 0 spiro atoms. The number of carbonyl (C=O) groups is 2. The summed E-state index contributed by atoms with van der Waals surface area (Å²) in [7, 11) is 1.32. The van der Waals surface area contributed by atoms with E-state index in [0.29, 0.717) is 0 Å². The van der Waals surface area contributed by atoms with Crippen LogP contribution in [0.25, 0.3) is 0 Å². The maximum atomic E-state index is 13.6. The number of rotatable bonds is 4. The third kappa shape index (κ3) is 3.17. The second-order valence-corrected chi connectivity index (χ2v) is 4.69. The van der Waals surface area contributed by atoms with Gasteiger partial charge in [0.1, 0.15) is 5.82 Å². The number of anilines is 1. The Hall–Kier alpha value is -2.60. The molecule has 2 aromatic carbocycles. The highest BCUT2D eigenvalue weighted by molar-refractivity contribution is 6.33. The van der Waals surface area contributed by atoms with Gasteiger partial charge in [0.25, 0.3) is 5.91 Å². The van der Waals surface area contributed by atoms with Gasteiger partial charge in [0.2, 0.25) is 0 Å². The molecule has 0 aliphatic carbocycles. The first-order valence-corrected chi connectivity index (χ1v) is 6.48. The molecule has 1 amide bonds. The van der Waals surface area contributed by atoms with Gasteiger partial charge in [0.15, 0.2) is 5.75 Å². The summed E-state index contributed by atoms with van der Waals surface area (Å²) in [5.74, 6) is -2.56. The molecule has 0 heterocycles. The highest BCUT2D eigenvalue weighted by Gasteiger charge is 2.18. The third-order valence-electron chi connectivity index (χ3n) is 2.86. The van der Waals surface area contributed by atoms with Crippen LogP contribution in [-0.4, -0.2) is 24.1 Å². The first kappa shape index (κ1) is 15.8. The van der Waals surface area contributed by atoms with Crippen molar-refractivity contribution in [2.24, 2.45) is 0 Å². The van der Waals surface area contributed by atoms with Crippen LogP contribution in [0.2, 0.25) is 5.02 Å². The lowest BCUT2D eigenvalue weighted by Crippen LogP contribution is -2.15. The molecular formula is C15H11ClFNO4. The average molecular weight is 324 g/mol. The van der Waals surface area contributed by atoms with Crippen LogP contribution >= 0.6 is 11.6 Å². The maximum Gasteiger partial charge on any atom is 0.335 e. The first-order valence-electron chi connectivity index (χ1n) is 6.10. The number of aromatic carboxylic acids is 1. The van der Waals surface area contributed by atoms with Gasteiger partial charge >= 0.3 is 5.97 Å². The minimum Gasteiger partial charge on any atom is -0.493 e. The molecule has 0 atom stereocenters. The van der Waals surface area contributed by atoms with Crippen molar-refractivity contribution in [3.8, 4) is 5.75 Å². The lowest BCUT2D eigenvalue weighted by molar-refractivity contribution is 0.0696. The van der Waals surface area contributed by atoms with Crippen molar-refractivity contribution in [1.29, 1.82) is 0 Å². The summed E-state index contributed by atoms with van der Waals surface area (Å²) >= 11 is 5.93. The van der Waals surface area contributed by atoms with Crippen molar-refractivity contribution in [2.45, 2.75) is 0 Å². The van der Waals surface area contributed by atoms with Crippen LogP contribution in [0.5, 0.6) is 5.75 Å². The van der Waals surface area contributed by atoms with E-state index in [-0.39, 0.29) is 27.6 Å². The van der Waals surface area contributed by atoms with E-state index >= 15 is 0 Å². The molecule has 114 valence electrons. The Morgan fingerprint density at radius 2 is 1.95 bits per heavy atom. The predicted octanol–water partition coefficient (Wildman–Crippen LogP) is 3.44. The third-order valence-corrected chi connectivity index (χ3v) is 3.14. The van der Waals surface area contributed by atoms with E-state index in [2.05, 4.69) is 5.32 Å². The lowest BCUT2D eigenvalue weighted by Gasteiger charge is -2.13. The molecule has 2 rings (SSSR count). The SMILES string of the molecule is COc1c(Cl)cc(C(=O)O)cc1NC(=O)c1ccccc1F. The Labute approximate surface area is 130 Å². The summed E-state index contributed by atoms with van der Waals surface area (Å²) in [5, 5.41) is 11.4. The number of carboxylic acid groups (broad SMARTS) is 1. The van der Waals surface area contributed by atoms with E-state index in [4.69, 9.17) is 21.4 Å². The second kappa shape index (κ2) is 6.44. The summed E-state index contributed by atoms with van der Waals surface area (Å²) in [6.07, 6.45) is 0. The summed E-state index contributed by atoms with van der Waals surface area (Å²) in [5.41, 5.74) is -0.267. The van der Waals surface area contributed by atoms with Gasteiger partial charge in [0, 0.05) is 0 Å². The van der Waals surface area contributed by atoms with E-state index < -0.39 is 17.7 Å². The van der Waals surface area contributed by atoms with E-state index in [0.717, 1.165) is 6.07 Å². The van der Waals surface area contributed by atoms with Crippen molar-refractivity contribution in [2.75, 3.05) is 12.4 Å². The van der Waals surface area contributed by atoms with Gasteiger partial charge in [-0.15, -0.1) is 0 Å². The van der Waals surface area contributed by atoms with Crippen molar-refractivity contribution in [3.05, 3.63) is 58.4 Å². The number of ether oxygens (including phenoxy) is 1. The fourth-order valence-corrected chi connectivity index (χ4v) is 2.15. The van der Waals surface area contributed by atoms with Gasteiger partial charge in [-0.1, -0.05) is 23.7 Å². The fourth-order valence-electron chi connectivity index (χ4n) is 1.85. The number of hydrogen-bond donors (Lipinski definition) is 2. The van der Waals surface area contributed by atoms with Crippen LogP contribution in [0.4, 0.5) is 10.1 Å². The van der Waals surface area contributed by atoms with Gasteiger partial charge in [0.05, 0.1) is 28.9 Å². The number of nitrogens with one attached hydrogen (secondary N) is 1. The number of methoxy groups -OCH3 is 1. The Morgan fingerprint density at radius 1 is 1.27 bits per heavy atom. The Morgan fingerprint density at radius 3 is 2.55 bits per heavy atom. The minimum atomic E-state index is -1.22. The van der Waals surface area contributed by atoms with Crippen LogP contribution in [0.1, 0.15) is 20.7 Å². The standard InChI is InChI=1S/C15H11ClFNO4/c1-22-13-10(16)6-8(15(20)21)7-12(13)18-14(19)9-4-2-3-5-11(9)17/h2-7H,1H3,(H,18,19)(H,20,21). The molecule has 7 heteroatoms. The molecule has 0 aromatic heterocycles. The molecule has 22 heavy (non-hydrogen) atoms. The number of amides is 1. The van der Waals surface area contributed by atoms with Gasteiger partial charge in [-0.05, 0) is 24.3 Å². The van der Waals surface area contributed by atoms with Crippen molar-refractivity contribution in [1.82, 2.24) is 0 Å². The van der Waals surface area contributed by atoms with Gasteiger partial charge in [-0.3, -0.25) is 4.79 Å². The molecule has 0 saturated heterocycles. The van der Waals surface area contributed by atoms with Gasteiger partial charge in [-0.25, -0.2) is 9.18 Å². The number of hydrogen-bond acceptors (Lipinski definition) is 3. The molecule has 5 nitrogen and oxygen atoms in total. The monoisotopic (exact) mass is 323 g/mol. The minimum absolute atomic E-state index is 0.0197. The highest BCUT2D eigenvalue weighted by atomic mass is 35.5. The zero-order valence-corrected chi connectivity index (χ0v) is 12.1. The smallest absolute Gasteiger partial charge is 0.335 e. The van der Waals surface area contributed by atoms with Crippen LogP contribution in [-0.2, 0) is 0 Å². The van der Waals surface area contributed by atoms with E-state index in [1.807, 2.05) is 0 Å². The first-order chi connectivity index (χ1) is 10.4. The Kier molecular flexibility index (Phi) is 4.62.